The molecule has 3 N–H and O–H groups in total. The average Bonchev–Trinajstić information content (AvgIpc) is 3.53. The number of aryl methyl sites for hydroxylation is 1. The van der Waals surface area contributed by atoms with E-state index in [1.54, 1.807) is 42.3 Å². The summed E-state index contributed by atoms with van der Waals surface area (Å²) in [5.41, 5.74) is 9.93. The van der Waals surface area contributed by atoms with Gasteiger partial charge in [0.1, 0.15) is 33.8 Å². The molecule has 0 fully saturated rings. The van der Waals surface area contributed by atoms with Gasteiger partial charge in [-0.05, 0) is 30.7 Å². The van der Waals surface area contributed by atoms with E-state index in [0.717, 1.165) is 27.2 Å². The van der Waals surface area contributed by atoms with Gasteiger partial charge in [0.15, 0.2) is 0 Å². The minimum atomic E-state index is -0.594. The Balaban J connectivity index is 1.50. The van der Waals surface area contributed by atoms with E-state index in [-0.39, 0.29) is 15.6 Å². The van der Waals surface area contributed by atoms with Crippen molar-refractivity contribution in [3.05, 3.63) is 76.6 Å². The lowest BCUT2D eigenvalue weighted by Gasteiger charge is -2.16. The van der Waals surface area contributed by atoms with Crippen LogP contribution in [0, 0.1) is 0 Å². The van der Waals surface area contributed by atoms with Crippen LogP contribution in [-0.4, -0.2) is 30.3 Å². The number of primary amides is 1. The van der Waals surface area contributed by atoms with Gasteiger partial charge in [0, 0.05) is 30.4 Å². The number of rotatable bonds is 6. The van der Waals surface area contributed by atoms with Crippen molar-refractivity contribution in [3.8, 4) is 27.6 Å². The van der Waals surface area contributed by atoms with Crippen molar-refractivity contribution in [2.45, 2.75) is 13.0 Å². The van der Waals surface area contributed by atoms with Gasteiger partial charge in [0.25, 0.3) is 5.91 Å². The highest BCUT2D eigenvalue weighted by Gasteiger charge is 2.21. The number of carbonyl (C=O) groups is 1. The number of aromatic hydroxyl groups is 1. The molecule has 10 heteroatoms. The Labute approximate surface area is 203 Å². The first-order chi connectivity index (χ1) is 16.3. The predicted molar refractivity (Wildman–Crippen MR) is 132 cm³/mol. The molecule has 3 heterocycles. The molecule has 2 aromatic carbocycles. The van der Waals surface area contributed by atoms with E-state index in [2.05, 4.69) is 10.1 Å². The summed E-state index contributed by atoms with van der Waals surface area (Å²) in [4.78, 5) is 17.0. The third kappa shape index (κ3) is 3.89. The van der Waals surface area contributed by atoms with Crippen LogP contribution in [0.15, 0.2) is 61.2 Å². The molecule has 0 saturated carbocycles. The molecule has 8 nitrogen and oxygen atoms in total. The topological polar surface area (TPSA) is 108 Å². The van der Waals surface area contributed by atoms with E-state index >= 15 is 0 Å². The fourth-order valence-corrected chi connectivity index (χ4v) is 4.99. The minimum Gasteiger partial charge on any atom is -0.506 e. The molecule has 0 unspecified atom stereocenters. The lowest BCUT2D eigenvalue weighted by atomic mass is 10.1. The Bertz CT molecular complexity index is 1540. The highest BCUT2D eigenvalue weighted by Crippen LogP contribution is 2.38. The number of nitrogens with two attached hydrogens (primary N) is 1. The van der Waals surface area contributed by atoms with Crippen LogP contribution in [0.25, 0.3) is 27.2 Å². The summed E-state index contributed by atoms with van der Waals surface area (Å²) < 4.78 is 9.71. The third-order valence-corrected chi connectivity index (χ3v) is 7.02. The Morgan fingerprint density at radius 2 is 2.06 bits per heavy atom. The molecule has 3 aromatic heterocycles. The summed E-state index contributed by atoms with van der Waals surface area (Å²) in [6.45, 7) is 1.79. The fourth-order valence-electron chi connectivity index (χ4n) is 3.78. The number of carbonyl (C=O) groups excluding carboxylic acids is 1. The van der Waals surface area contributed by atoms with E-state index in [0.29, 0.717) is 11.3 Å². The van der Waals surface area contributed by atoms with Crippen molar-refractivity contribution in [3.63, 3.8) is 0 Å². The molecule has 5 aromatic rings. The third-order valence-electron chi connectivity index (χ3n) is 5.48. The van der Waals surface area contributed by atoms with Crippen LogP contribution in [0.4, 0.5) is 0 Å². The standard InChI is InChI=1S/C24H20ClN5O3S/c1-13(16-4-3-5-19(31)22(16)25)33-20-9-21(34-23(20)24(26)32)30-12-27-17-8-14(6-7-18(17)30)15-10-28-29(2)11-15/h3-13,31H,1-2H3,(H2,26,32)/t13-/m1/s1. The number of thiophene rings is 1. The molecule has 0 aliphatic carbocycles. The average molecular weight is 494 g/mol. The van der Waals surface area contributed by atoms with Crippen LogP contribution in [-0.2, 0) is 7.05 Å². The zero-order chi connectivity index (χ0) is 24.0. The molecule has 0 saturated heterocycles. The fraction of sp³-hybridized carbons (Fsp3) is 0.125. The second kappa shape index (κ2) is 8.51. The first-order valence-electron chi connectivity index (χ1n) is 10.4. The molecule has 172 valence electrons. The van der Waals surface area contributed by atoms with Gasteiger partial charge in [-0.15, -0.1) is 11.3 Å². The number of fused-ring (bicyclic) bond motifs is 1. The molecule has 0 aliphatic heterocycles. The summed E-state index contributed by atoms with van der Waals surface area (Å²) in [6.07, 6.45) is 4.93. The largest absolute Gasteiger partial charge is 0.506 e. The van der Waals surface area contributed by atoms with Gasteiger partial charge >= 0.3 is 0 Å². The zero-order valence-corrected chi connectivity index (χ0v) is 19.8. The molecule has 0 bridgehead atoms. The predicted octanol–water partition coefficient (Wildman–Crippen LogP) is 5.09. The summed E-state index contributed by atoms with van der Waals surface area (Å²) in [5, 5.41) is 15.1. The minimum absolute atomic E-state index is 0.0358. The zero-order valence-electron chi connectivity index (χ0n) is 18.3. The molecule has 5 rings (SSSR count). The lowest BCUT2D eigenvalue weighted by molar-refractivity contribution is 0.0998. The second-order valence-electron chi connectivity index (χ2n) is 7.80. The normalized spacial score (nSPS) is 12.2. The molecule has 34 heavy (non-hydrogen) atoms. The molecule has 0 radical (unpaired) electrons. The summed E-state index contributed by atoms with van der Waals surface area (Å²) in [6, 6.07) is 12.7. The van der Waals surface area contributed by atoms with Crippen molar-refractivity contribution in [2.75, 3.05) is 0 Å². The van der Waals surface area contributed by atoms with Crippen LogP contribution in [0.5, 0.6) is 11.5 Å². The van der Waals surface area contributed by atoms with Crippen LogP contribution in [0.3, 0.4) is 0 Å². The summed E-state index contributed by atoms with van der Waals surface area (Å²) in [5.74, 6) is -0.289. The van der Waals surface area contributed by atoms with Crippen molar-refractivity contribution in [1.82, 2.24) is 19.3 Å². The molecule has 0 spiro atoms. The maximum atomic E-state index is 12.2. The number of benzene rings is 2. The van der Waals surface area contributed by atoms with Crippen LogP contribution in [0.1, 0.15) is 28.3 Å². The second-order valence-corrected chi connectivity index (χ2v) is 9.21. The van der Waals surface area contributed by atoms with Gasteiger partial charge in [0.2, 0.25) is 0 Å². The first-order valence-corrected chi connectivity index (χ1v) is 11.6. The van der Waals surface area contributed by atoms with Crippen LogP contribution < -0.4 is 10.5 Å². The molecular weight excluding hydrogens is 474 g/mol. The van der Waals surface area contributed by atoms with E-state index in [1.165, 1.54) is 17.4 Å². The highest BCUT2D eigenvalue weighted by molar-refractivity contribution is 7.16. The van der Waals surface area contributed by atoms with E-state index in [4.69, 9.17) is 22.1 Å². The van der Waals surface area contributed by atoms with Crippen molar-refractivity contribution >= 4 is 39.9 Å². The molecule has 0 aliphatic rings. The number of amides is 1. The Kier molecular flexibility index (Phi) is 5.51. The van der Waals surface area contributed by atoms with Gasteiger partial charge < -0.3 is 15.6 Å². The SMILES string of the molecule is C[C@@H](Oc1cc(-n2cnc3cc(-c4cnn(C)c4)ccc32)sc1C(N)=O)c1cccc(O)c1Cl. The Morgan fingerprint density at radius 3 is 2.79 bits per heavy atom. The maximum absolute atomic E-state index is 12.2. The number of hydrogen-bond acceptors (Lipinski definition) is 6. The van der Waals surface area contributed by atoms with Gasteiger partial charge in [-0.3, -0.25) is 14.0 Å². The molecule has 1 atom stereocenters. The molecule has 1 amide bonds. The number of aromatic nitrogens is 4. The maximum Gasteiger partial charge on any atom is 0.262 e. The number of hydrogen-bond donors (Lipinski definition) is 2. The number of imidazole rings is 1. The lowest BCUT2D eigenvalue weighted by Crippen LogP contribution is -2.12. The van der Waals surface area contributed by atoms with Gasteiger partial charge in [-0.25, -0.2) is 4.98 Å². The number of nitrogens with zero attached hydrogens (tertiary/aromatic N) is 4. The van der Waals surface area contributed by atoms with Gasteiger partial charge in [-0.1, -0.05) is 29.8 Å². The van der Waals surface area contributed by atoms with E-state index in [1.807, 2.05) is 36.0 Å². The van der Waals surface area contributed by atoms with E-state index in [9.17, 15) is 9.90 Å². The monoisotopic (exact) mass is 493 g/mol. The number of phenols is 1. The van der Waals surface area contributed by atoms with Gasteiger partial charge in [0.05, 0.1) is 22.3 Å². The van der Waals surface area contributed by atoms with Crippen molar-refractivity contribution in [2.24, 2.45) is 12.8 Å². The van der Waals surface area contributed by atoms with Crippen molar-refractivity contribution in [1.29, 1.82) is 0 Å². The van der Waals surface area contributed by atoms with Crippen LogP contribution >= 0.6 is 22.9 Å². The first kappa shape index (κ1) is 22.0. The quantitative estimate of drug-likeness (QED) is 0.342. The van der Waals surface area contributed by atoms with Gasteiger partial charge in [-0.2, -0.15) is 5.10 Å². The highest BCUT2D eigenvalue weighted by atomic mass is 35.5. The number of halogens is 1. The molecular formula is C24H20ClN5O3S. The Morgan fingerprint density at radius 1 is 1.24 bits per heavy atom. The smallest absolute Gasteiger partial charge is 0.262 e. The number of ether oxygens (including phenoxy) is 1. The van der Waals surface area contributed by atoms with Crippen molar-refractivity contribution < 1.29 is 14.6 Å². The van der Waals surface area contributed by atoms with Crippen LogP contribution in [0.2, 0.25) is 5.02 Å². The summed E-state index contributed by atoms with van der Waals surface area (Å²) in [7, 11) is 1.87. The Hall–Kier alpha value is -3.82. The van der Waals surface area contributed by atoms with E-state index < -0.39 is 12.0 Å². The number of phenolic OH excluding ortho intramolecular Hbond substituents is 1. The summed E-state index contributed by atoms with van der Waals surface area (Å²) >= 11 is 7.45.